The second-order valence-electron chi connectivity index (χ2n) is 9.27. The summed E-state index contributed by atoms with van der Waals surface area (Å²) in [7, 11) is 0. The van der Waals surface area contributed by atoms with Crippen molar-refractivity contribution in [1.82, 2.24) is 24.8 Å². The molecule has 0 aromatic carbocycles. The summed E-state index contributed by atoms with van der Waals surface area (Å²) in [6, 6.07) is 0. The van der Waals surface area contributed by atoms with Gasteiger partial charge >= 0.3 is 0 Å². The number of ether oxygens (including phenoxy) is 1. The van der Waals surface area contributed by atoms with Crippen molar-refractivity contribution in [3.63, 3.8) is 0 Å². The third kappa shape index (κ3) is 3.64. The maximum Gasteiger partial charge on any atom is 0.257 e. The molecule has 1 N–H and O–H groups in total. The summed E-state index contributed by atoms with van der Waals surface area (Å²) in [4.78, 5) is 32.1. The van der Waals surface area contributed by atoms with Crippen LogP contribution in [0.5, 0.6) is 0 Å². The van der Waals surface area contributed by atoms with Gasteiger partial charge in [-0.3, -0.25) is 4.79 Å². The molecule has 2 aromatic rings. The van der Waals surface area contributed by atoms with Crippen molar-refractivity contribution >= 4 is 11.9 Å². The van der Waals surface area contributed by atoms with E-state index in [4.69, 9.17) is 4.74 Å². The molecule has 2 aromatic heterocycles. The number of carbonyl (C=O) groups excluding carboxylic acids is 1. The number of likely N-dealkylation sites (tertiary alicyclic amines) is 1. The van der Waals surface area contributed by atoms with Gasteiger partial charge in [-0.1, -0.05) is 0 Å². The average Bonchev–Trinajstić information content (AvgIpc) is 3.42. The summed E-state index contributed by atoms with van der Waals surface area (Å²) in [6.07, 6.45) is 14.0. The number of anilines is 1. The zero-order chi connectivity index (χ0) is 20.8. The van der Waals surface area contributed by atoms with Crippen molar-refractivity contribution < 1.29 is 9.53 Å². The summed E-state index contributed by atoms with van der Waals surface area (Å²) in [6.45, 7) is 5.85. The highest BCUT2D eigenvalue weighted by Crippen LogP contribution is 2.47. The molecule has 30 heavy (non-hydrogen) atoms. The van der Waals surface area contributed by atoms with Crippen LogP contribution in [0.2, 0.25) is 0 Å². The third-order valence-corrected chi connectivity index (χ3v) is 6.74. The smallest absolute Gasteiger partial charge is 0.257 e. The third-order valence-electron chi connectivity index (χ3n) is 6.74. The van der Waals surface area contributed by atoms with Gasteiger partial charge in [0.15, 0.2) is 0 Å². The van der Waals surface area contributed by atoms with E-state index in [1.54, 1.807) is 12.4 Å². The van der Waals surface area contributed by atoms with Crippen LogP contribution in [-0.4, -0.2) is 56.0 Å². The minimum Gasteiger partial charge on any atom is -0.376 e. The van der Waals surface area contributed by atoms with E-state index in [1.807, 2.05) is 17.3 Å². The van der Waals surface area contributed by atoms with Gasteiger partial charge in [0.2, 0.25) is 5.95 Å². The zero-order valence-corrected chi connectivity index (χ0v) is 17.5. The van der Waals surface area contributed by atoms with Crippen LogP contribution in [0.25, 0.3) is 0 Å². The Kier molecular flexibility index (Phi) is 4.69. The predicted molar refractivity (Wildman–Crippen MR) is 111 cm³/mol. The highest BCUT2D eigenvalue weighted by molar-refractivity contribution is 5.94. The lowest BCUT2D eigenvalue weighted by atomic mass is 9.75. The maximum atomic E-state index is 13.0. The number of nitrogens with one attached hydrogen (secondary N) is 1. The van der Waals surface area contributed by atoms with Crippen LogP contribution < -0.4 is 5.32 Å². The Morgan fingerprint density at radius 3 is 2.37 bits per heavy atom. The molecule has 4 heterocycles. The van der Waals surface area contributed by atoms with Crippen LogP contribution in [-0.2, 0) is 10.3 Å². The van der Waals surface area contributed by atoms with Crippen molar-refractivity contribution in [3.8, 4) is 0 Å². The van der Waals surface area contributed by atoms with E-state index in [0.717, 1.165) is 50.8 Å². The van der Waals surface area contributed by atoms with Gasteiger partial charge in [-0.05, 0) is 51.4 Å². The first-order valence-electron chi connectivity index (χ1n) is 10.8. The van der Waals surface area contributed by atoms with Crippen LogP contribution >= 0.6 is 0 Å². The first-order valence-corrected chi connectivity index (χ1v) is 10.8. The van der Waals surface area contributed by atoms with Crippen molar-refractivity contribution in [1.29, 1.82) is 0 Å². The van der Waals surface area contributed by atoms with E-state index in [-0.39, 0.29) is 29.1 Å². The molecule has 8 heteroatoms. The number of carbonyl (C=O) groups is 1. The molecule has 8 nitrogen and oxygen atoms in total. The monoisotopic (exact) mass is 408 g/mol. The van der Waals surface area contributed by atoms with Gasteiger partial charge in [0.05, 0.1) is 23.3 Å². The van der Waals surface area contributed by atoms with E-state index in [0.29, 0.717) is 11.5 Å². The van der Waals surface area contributed by atoms with E-state index in [1.165, 1.54) is 6.33 Å². The number of aromatic nitrogens is 4. The van der Waals surface area contributed by atoms with Crippen molar-refractivity contribution in [3.05, 3.63) is 42.2 Å². The fourth-order valence-corrected chi connectivity index (χ4v) is 5.29. The Hall–Kier alpha value is -2.61. The number of nitrogens with zero attached hydrogens (tertiary/aromatic N) is 5. The van der Waals surface area contributed by atoms with E-state index in [2.05, 4.69) is 39.1 Å². The van der Waals surface area contributed by atoms with Gasteiger partial charge in [0, 0.05) is 43.4 Å². The topological polar surface area (TPSA) is 93.1 Å². The minimum atomic E-state index is -0.190. The van der Waals surface area contributed by atoms with Gasteiger partial charge in [-0.25, -0.2) is 19.9 Å². The first-order chi connectivity index (χ1) is 14.5. The quantitative estimate of drug-likeness (QED) is 0.831. The lowest BCUT2D eigenvalue weighted by Crippen LogP contribution is -2.41. The van der Waals surface area contributed by atoms with E-state index in [9.17, 15) is 4.79 Å². The second kappa shape index (κ2) is 7.27. The number of hydrogen-bond acceptors (Lipinski definition) is 7. The van der Waals surface area contributed by atoms with Crippen LogP contribution in [0.3, 0.4) is 0 Å². The van der Waals surface area contributed by atoms with Crippen molar-refractivity contribution in [2.75, 3.05) is 18.4 Å². The van der Waals surface area contributed by atoms with Crippen molar-refractivity contribution in [2.24, 2.45) is 5.41 Å². The molecule has 0 bridgehead atoms. The highest BCUT2D eigenvalue weighted by Gasteiger charge is 2.46. The van der Waals surface area contributed by atoms with Crippen molar-refractivity contribution in [2.45, 2.75) is 63.7 Å². The summed E-state index contributed by atoms with van der Waals surface area (Å²) in [5.74, 6) is 0.542. The fourth-order valence-electron chi connectivity index (χ4n) is 5.29. The summed E-state index contributed by atoms with van der Waals surface area (Å²) >= 11 is 0. The Bertz CT molecular complexity index is 905. The molecule has 0 radical (unpaired) electrons. The molecule has 3 fully saturated rings. The van der Waals surface area contributed by atoms with E-state index < -0.39 is 0 Å². The van der Waals surface area contributed by atoms with Crippen LogP contribution in [0.1, 0.15) is 61.9 Å². The normalized spacial score (nSPS) is 29.7. The average molecular weight is 409 g/mol. The molecule has 2 saturated heterocycles. The molecule has 158 valence electrons. The lowest BCUT2D eigenvalue weighted by Gasteiger charge is -2.40. The van der Waals surface area contributed by atoms with Gasteiger partial charge in [-0.15, -0.1) is 0 Å². The van der Waals surface area contributed by atoms with Gasteiger partial charge in [0.25, 0.3) is 5.91 Å². The minimum absolute atomic E-state index is 0.0165. The van der Waals surface area contributed by atoms with Crippen LogP contribution in [0, 0.1) is 5.41 Å². The molecular weight excluding hydrogens is 380 g/mol. The molecule has 1 spiro atoms. The summed E-state index contributed by atoms with van der Waals surface area (Å²) < 4.78 is 5.90. The van der Waals surface area contributed by atoms with Gasteiger partial charge in [-0.2, -0.15) is 0 Å². The molecular formula is C22H28N6O2. The Labute approximate surface area is 176 Å². The highest BCUT2D eigenvalue weighted by atomic mass is 16.5. The second-order valence-corrected chi connectivity index (χ2v) is 9.27. The Morgan fingerprint density at radius 2 is 1.73 bits per heavy atom. The number of rotatable bonds is 4. The number of amides is 1. The molecule has 1 saturated carbocycles. The summed E-state index contributed by atoms with van der Waals surface area (Å²) in [5, 5.41) is 3.40. The SMILES string of the molecule is CC1CC2(CCN(C(=O)c3cnc(NC4(c5cncnc5)CC4)nc3)C2)CC(C)O1. The molecule has 5 rings (SSSR count). The molecule has 1 amide bonds. The molecule has 2 aliphatic heterocycles. The lowest BCUT2D eigenvalue weighted by molar-refractivity contribution is -0.0830. The standard InChI is InChI=1S/C22H28N6O2/c1-15-7-21(8-16(2)30-15)5-6-28(13-21)19(29)17-9-25-20(26-10-17)27-22(3-4-22)18-11-23-14-24-12-18/h9-12,14-16H,3-8,13H2,1-2H3,(H,25,26,27). The van der Waals surface area contributed by atoms with Gasteiger partial charge < -0.3 is 15.0 Å². The first kappa shape index (κ1) is 19.4. The maximum absolute atomic E-state index is 13.0. The molecule has 3 aliphatic rings. The summed E-state index contributed by atoms with van der Waals surface area (Å²) in [5.41, 5.74) is 1.57. The molecule has 2 atom stereocenters. The number of hydrogen-bond donors (Lipinski definition) is 1. The Balaban J connectivity index is 1.25. The largest absolute Gasteiger partial charge is 0.376 e. The molecule has 2 unspecified atom stereocenters. The van der Waals surface area contributed by atoms with Crippen LogP contribution in [0.15, 0.2) is 31.1 Å². The van der Waals surface area contributed by atoms with E-state index >= 15 is 0 Å². The van der Waals surface area contributed by atoms with Gasteiger partial charge in [0.1, 0.15) is 6.33 Å². The fraction of sp³-hybridized carbons (Fsp3) is 0.591. The Morgan fingerprint density at radius 1 is 1.07 bits per heavy atom. The van der Waals surface area contributed by atoms with Crippen LogP contribution in [0.4, 0.5) is 5.95 Å². The zero-order valence-electron chi connectivity index (χ0n) is 17.5. The predicted octanol–water partition coefficient (Wildman–Crippen LogP) is 2.79. The molecule has 1 aliphatic carbocycles.